The summed E-state index contributed by atoms with van der Waals surface area (Å²) in [5.41, 5.74) is 0.675. The van der Waals surface area contributed by atoms with E-state index < -0.39 is 5.60 Å². The highest BCUT2D eigenvalue weighted by Crippen LogP contribution is 2.35. The number of hydrogen-bond donors (Lipinski definition) is 1. The predicted octanol–water partition coefficient (Wildman–Crippen LogP) is 3.21. The van der Waals surface area contributed by atoms with E-state index in [1.165, 1.54) is 0 Å². The lowest BCUT2D eigenvalue weighted by Crippen LogP contribution is -2.36. The maximum absolute atomic E-state index is 12.2. The number of ether oxygens (including phenoxy) is 2. The maximum Gasteiger partial charge on any atom is 0.410 e. The Morgan fingerprint density at radius 1 is 1.35 bits per heavy atom. The minimum Gasteiger partial charge on any atom is -0.496 e. The molecule has 2 unspecified atom stereocenters. The molecule has 1 aliphatic rings. The Bertz CT molecular complexity index is 539. The van der Waals surface area contributed by atoms with E-state index in [2.05, 4.69) is 11.4 Å². The standard InChI is InChI=1S/C18H28N2O3/c1-18(2,3)23-17(21)20-11-10-13(12-20)16(19-4)14-8-6-7-9-15(14)22-5/h6-9,13,16,19H,10-12H2,1-5H3. The van der Waals surface area contributed by atoms with Gasteiger partial charge in [-0.05, 0) is 46.2 Å². The number of carbonyl (C=O) groups excluding carboxylic acids is 1. The van der Waals surface area contributed by atoms with Crippen molar-refractivity contribution in [3.05, 3.63) is 29.8 Å². The molecule has 5 heteroatoms. The summed E-state index contributed by atoms with van der Waals surface area (Å²) in [6, 6.07) is 8.19. The molecule has 0 saturated carbocycles. The first-order chi connectivity index (χ1) is 10.9. The van der Waals surface area contributed by atoms with E-state index in [9.17, 15) is 4.79 Å². The molecule has 1 fully saturated rings. The summed E-state index contributed by atoms with van der Waals surface area (Å²) >= 11 is 0. The first kappa shape index (κ1) is 17.6. The van der Waals surface area contributed by atoms with E-state index in [1.807, 2.05) is 46.0 Å². The highest BCUT2D eigenvalue weighted by atomic mass is 16.6. The van der Waals surface area contributed by atoms with Crippen LogP contribution in [0.25, 0.3) is 0 Å². The van der Waals surface area contributed by atoms with Gasteiger partial charge in [0.15, 0.2) is 0 Å². The van der Waals surface area contributed by atoms with Gasteiger partial charge in [-0.15, -0.1) is 0 Å². The van der Waals surface area contributed by atoms with E-state index in [-0.39, 0.29) is 12.1 Å². The van der Waals surface area contributed by atoms with Crippen LogP contribution in [0.5, 0.6) is 5.75 Å². The van der Waals surface area contributed by atoms with Gasteiger partial charge in [0.25, 0.3) is 0 Å². The zero-order valence-electron chi connectivity index (χ0n) is 14.8. The molecule has 1 aliphatic heterocycles. The van der Waals surface area contributed by atoms with Crippen LogP contribution >= 0.6 is 0 Å². The summed E-state index contributed by atoms with van der Waals surface area (Å²) in [6.45, 7) is 7.10. The molecule has 2 rings (SSSR count). The quantitative estimate of drug-likeness (QED) is 0.925. The zero-order valence-corrected chi connectivity index (χ0v) is 14.8. The molecule has 5 nitrogen and oxygen atoms in total. The van der Waals surface area contributed by atoms with Crippen LogP contribution in [0, 0.1) is 5.92 Å². The molecule has 1 saturated heterocycles. The molecule has 0 bridgehead atoms. The lowest BCUT2D eigenvalue weighted by molar-refractivity contribution is 0.0285. The van der Waals surface area contributed by atoms with Gasteiger partial charge in [0.05, 0.1) is 7.11 Å². The van der Waals surface area contributed by atoms with Crippen LogP contribution in [-0.2, 0) is 4.74 Å². The van der Waals surface area contributed by atoms with Gasteiger partial charge in [-0.2, -0.15) is 0 Å². The number of carbonyl (C=O) groups is 1. The third-order valence-corrected chi connectivity index (χ3v) is 4.13. The Kier molecular flexibility index (Phi) is 5.52. The van der Waals surface area contributed by atoms with Crippen molar-refractivity contribution >= 4 is 6.09 Å². The van der Waals surface area contributed by atoms with Crippen LogP contribution in [0.4, 0.5) is 4.79 Å². The molecular weight excluding hydrogens is 292 g/mol. The SMILES string of the molecule is CNC(c1ccccc1OC)C1CCN(C(=O)OC(C)(C)C)C1. The van der Waals surface area contributed by atoms with Gasteiger partial charge in [-0.3, -0.25) is 0 Å². The molecule has 1 N–H and O–H groups in total. The number of methoxy groups -OCH3 is 1. The topological polar surface area (TPSA) is 50.8 Å². The first-order valence-electron chi connectivity index (χ1n) is 8.14. The van der Waals surface area contributed by atoms with E-state index in [1.54, 1.807) is 12.0 Å². The monoisotopic (exact) mass is 320 g/mol. The van der Waals surface area contributed by atoms with Crippen LogP contribution < -0.4 is 10.1 Å². The van der Waals surface area contributed by atoms with Gasteiger partial charge in [0, 0.05) is 24.7 Å². The van der Waals surface area contributed by atoms with Crippen molar-refractivity contribution in [3.63, 3.8) is 0 Å². The Morgan fingerprint density at radius 3 is 2.65 bits per heavy atom. The molecule has 2 atom stereocenters. The first-order valence-corrected chi connectivity index (χ1v) is 8.14. The second kappa shape index (κ2) is 7.21. The van der Waals surface area contributed by atoms with E-state index in [0.29, 0.717) is 12.5 Å². The van der Waals surface area contributed by atoms with Crippen molar-refractivity contribution < 1.29 is 14.3 Å². The van der Waals surface area contributed by atoms with Crippen molar-refractivity contribution in [2.75, 3.05) is 27.2 Å². The summed E-state index contributed by atoms with van der Waals surface area (Å²) in [6.07, 6.45) is 0.720. The highest BCUT2D eigenvalue weighted by Gasteiger charge is 2.34. The molecule has 0 aromatic heterocycles. The second-order valence-corrected chi connectivity index (χ2v) is 6.98. The third kappa shape index (κ3) is 4.38. The van der Waals surface area contributed by atoms with Gasteiger partial charge >= 0.3 is 6.09 Å². The molecule has 23 heavy (non-hydrogen) atoms. The molecule has 128 valence electrons. The van der Waals surface area contributed by atoms with Crippen molar-refractivity contribution in [2.24, 2.45) is 5.92 Å². The summed E-state index contributed by atoms with van der Waals surface area (Å²) < 4.78 is 11.0. The largest absolute Gasteiger partial charge is 0.496 e. The van der Waals surface area contributed by atoms with Crippen LogP contribution in [0.1, 0.15) is 38.8 Å². The summed E-state index contributed by atoms with van der Waals surface area (Å²) in [5, 5.41) is 3.38. The Morgan fingerprint density at radius 2 is 2.04 bits per heavy atom. The van der Waals surface area contributed by atoms with Crippen molar-refractivity contribution in [1.29, 1.82) is 0 Å². The maximum atomic E-state index is 12.2. The van der Waals surface area contributed by atoms with Gasteiger partial charge in [-0.25, -0.2) is 4.79 Å². The van der Waals surface area contributed by atoms with Crippen LogP contribution in [0.15, 0.2) is 24.3 Å². The molecule has 0 aliphatic carbocycles. The van der Waals surface area contributed by atoms with E-state index in [0.717, 1.165) is 24.3 Å². The number of rotatable bonds is 4. The number of nitrogens with one attached hydrogen (secondary N) is 1. The smallest absolute Gasteiger partial charge is 0.410 e. The third-order valence-electron chi connectivity index (χ3n) is 4.13. The molecule has 0 radical (unpaired) electrons. The summed E-state index contributed by atoms with van der Waals surface area (Å²) in [4.78, 5) is 14.0. The van der Waals surface area contributed by atoms with Gasteiger partial charge < -0.3 is 19.7 Å². The Labute approximate surface area is 139 Å². The highest BCUT2D eigenvalue weighted by molar-refractivity contribution is 5.68. The fourth-order valence-electron chi connectivity index (χ4n) is 3.12. The number of hydrogen-bond acceptors (Lipinski definition) is 4. The van der Waals surface area contributed by atoms with Crippen LogP contribution in [0.3, 0.4) is 0 Å². The molecule has 1 amide bonds. The van der Waals surface area contributed by atoms with Crippen LogP contribution in [0.2, 0.25) is 0 Å². The molecule has 1 aromatic carbocycles. The minimum absolute atomic E-state index is 0.151. The van der Waals surface area contributed by atoms with Crippen molar-refractivity contribution in [2.45, 2.75) is 38.8 Å². The minimum atomic E-state index is -0.458. The van der Waals surface area contributed by atoms with E-state index in [4.69, 9.17) is 9.47 Å². The zero-order chi connectivity index (χ0) is 17.0. The average molecular weight is 320 g/mol. The van der Waals surface area contributed by atoms with Gasteiger partial charge in [-0.1, -0.05) is 18.2 Å². The molecule has 1 heterocycles. The number of likely N-dealkylation sites (tertiary alicyclic amines) is 1. The van der Waals surface area contributed by atoms with Gasteiger partial charge in [0.1, 0.15) is 11.4 Å². The van der Waals surface area contributed by atoms with Crippen molar-refractivity contribution in [1.82, 2.24) is 10.2 Å². The molecule has 0 spiro atoms. The van der Waals surface area contributed by atoms with E-state index >= 15 is 0 Å². The van der Waals surface area contributed by atoms with Crippen molar-refractivity contribution in [3.8, 4) is 5.75 Å². The number of nitrogens with zero attached hydrogens (tertiary/aromatic N) is 1. The number of para-hydroxylation sites is 1. The Balaban J connectivity index is 2.08. The number of benzene rings is 1. The van der Waals surface area contributed by atoms with Crippen LogP contribution in [-0.4, -0.2) is 43.8 Å². The lowest BCUT2D eigenvalue weighted by Gasteiger charge is -2.27. The fraction of sp³-hybridized carbons (Fsp3) is 0.611. The average Bonchev–Trinajstić information content (AvgIpc) is 2.97. The Hall–Kier alpha value is -1.75. The van der Waals surface area contributed by atoms with Gasteiger partial charge in [0.2, 0.25) is 0 Å². The molecule has 1 aromatic rings. The second-order valence-electron chi connectivity index (χ2n) is 6.98. The number of amides is 1. The fourth-order valence-corrected chi connectivity index (χ4v) is 3.12. The molecular formula is C18H28N2O3. The normalized spacial score (nSPS) is 19.5. The summed E-state index contributed by atoms with van der Waals surface area (Å²) in [5.74, 6) is 1.21. The lowest BCUT2D eigenvalue weighted by atomic mass is 9.92. The summed E-state index contributed by atoms with van der Waals surface area (Å²) in [7, 11) is 3.64. The predicted molar refractivity (Wildman–Crippen MR) is 90.7 cm³/mol.